The highest BCUT2D eigenvalue weighted by atomic mass is 16.5. The highest BCUT2D eigenvalue weighted by molar-refractivity contribution is 5.82. The van der Waals surface area contributed by atoms with Gasteiger partial charge in [0.05, 0.1) is 31.4 Å². The summed E-state index contributed by atoms with van der Waals surface area (Å²) in [6.45, 7) is 6.42. The summed E-state index contributed by atoms with van der Waals surface area (Å²) in [4.78, 5) is 26.0. The highest BCUT2D eigenvalue weighted by Gasteiger charge is 2.28. The average Bonchev–Trinajstić information content (AvgIpc) is 2.67. The number of ether oxygens (including phenoxy) is 2. The molecule has 1 aliphatic rings. The van der Waals surface area contributed by atoms with E-state index in [1.165, 1.54) is 0 Å². The first-order chi connectivity index (χ1) is 12.7. The first-order valence-electron chi connectivity index (χ1n) is 9.55. The predicted molar refractivity (Wildman–Crippen MR) is 101 cm³/mol. The number of para-hydroxylation sites is 2. The van der Waals surface area contributed by atoms with Crippen LogP contribution in [0.4, 0.5) is 5.69 Å². The zero-order valence-electron chi connectivity index (χ0n) is 15.8. The Balaban J connectivity index is 1.80. The molecular formula is C20H30N2O4. The van der Waals surface area contributed by atoms with Crippen molar-refractivity contribution in [2.24, 2.45) is 5.92 Å². The third-order valence-corrected chi connectivity index (χ3v) is 4.54. The number of carbonyl (C=O) groups excluding carboxylic acids is 2. The van der Waals surface area contributed by atoms with Gasteiger partial charge in [0.25, 0.3) is 0 Å². The molecule has 1 N–H and O–H groups in total. The predicted octanol–water partition coefficient (Wildman–Crippen LogP) is 3.08. The number of amides is 1. The minimum absolute atomic E-state index is 0.0377. The summed E-state index contributed by atoms with van der Waals surface area (Å²) in [5.41, 5.74) is 0.832. The van der Waals surface area contributed by atoms with Crippen molar-refractivity contribution in [2.45, 2.75) is 39.5 Å². The number of piperidine rings is 1. The number of hydrogen-bond acceptors (Lipinski definition) is 5. The molecule has 0 spiro atoms. The number of likely N-dealkylation sites (tertiary alicyclic amines) is 1. The minimum atomic E-state index is -0.143. The van der Waals surface area contributed by atoms with Crippen LogP contribution in [0.1, 0.15) is 39.5 Å². The van der Waals surface area contributed by atoms with Crippen molar-refractivity contribution >= 4 is 17.6 Å². The quantitative estimate of drug-likeness (QED) is 0.540. The van der Waals surface area contributed by atoms with Crippen molar-refractivity contribution in [2.75, 3.05) is 38.2 Å². The van der Waals surface area contributed by atoms with Crippen molar-refractivity contribution in [3.05, 3.63) is 24.3 Å². The van der Waals surface area contributed by atoms with Crippen molar-refractivity contribution in [1.82, 2.24) is 4.90 Å². The van der Waals surface area contributed by atoms with E-state index in [1.807, 2.05) is 36.1 Å². The number of nitrogens with one attached hydrogen (secondary N) is 1. The molecule has 0 unspecified atom stereocenters. The smallest absolute Gasteiger partial charge is 0.309 e. The molecule has 1 amide bonds. The maximum absolute atomic E-state index is 12.5. The first kappa shape index (κ1) is 20.1. The number of carbonyl (C=O) groups is 2. The van der Waals surface area contributed by atoms with E-state index in [0.717, 1.165) is 24.3 Å². The van der Waals surface area contributed by atoms with E-state index < -0.39 is 0 Å². The Bertz CT molecular complexity index is 583. The number of unbranched alkanes of at least 4 members (excludes halogenated alkanes) is 1. The Morgan fingerprint density at radius 2 is 1.92 bits per heavy atom. The van der Waals surface area contributed by atoms with Gasteiger partial charge in [-0.3, -0.25) is 9.59 Å². The van der Waals surface area contributed by atoms with Gasteiger partial charge in [-0.15, -0.1) is 0 Å². The third kappa shape index (κ3) is 5.93. The van der Waals surface area contributed by atoms with E-state index in [4.69, 9.17) is 9.47 Å². The fourth-order valence-electron chi connectivity index (χ4n) is 2.97. The van der Waals surface area contributed by atoms with E-state index in [9.17, 15) is 9.59 Å². The largest absolute Gasteiger partial charge is 0.491 e. The van der Waals surface area contributed by atoms with Gasteiger partial charge in [0, 0.05) is 13.1 Å². The van der Waals surface area contributed by atoms with Crippen LogP contribution in [-0.2, 0) is 14.3 Å². The van der Waals surface area contributed by atoms with Crippen molar-refractivity contribution in [3.8, 4) is 5.75 Å². The van der Waals surface area contributed by atoms with Gasteiger partial charge in [0.15, 0.2) is 0 Å². The number of benzene rings is 1. The van der Waals surface area contributed by atoms with Gasteiger partial charge in [-0.1, -0.05) is 25.5 Å². The highest BCUT2D eigenvalue weighted by Crippen LogP contribution is 2.24. The fourth-order valence-corrected chi connectivity index (χ4v) is 2.97. The molecule has 1 aromatic rings. The molecule has 144 valence electrons. The van der Waals surface area contributed by atoms with Gasteiger partial charge >= 0.3 is 5.97 Å². The number of hydrogen-bond donors (Lipinski definition) is 1. The van der Waals surface area contributed by atoms with Crippen LogP contribution in [0, 0.1) is 5.92 Å². The molecule has 0 aliphatic carbocycles. The first-order valence-corrected chi connectivity index (χ1v) is 9.55. The van der Waals surface area contributed by atoms with Crippen LogP contribution < -0.4 is 10.1 Å². The molecular weight excluding hydrogens is 332 g/mol. The Morgan fingerprint density at radius 3 is 2.62 bits per heavy atom. The molecule has 0 aromatic heterocycles. The molecule has 1 saturated heterocycles. The van der Waals surface area contributed by atoms with Crippen molar-refractivity contribution < 1.29 is 19.1 Å². The number of rotatable bonds is 9. The molecule has 6 heteroatoms. The lowest BCUT2D eigenvalue weighted by Gasteiger charge is -2.31. The summed E-state index contributed by atoms with van der Waals surface area (Å²) >= 11 is 0. The second kappa shape index (κ2) is 10.7. The molecule has 26 heavy (non-hydrogen) atoms. The molecule has 0 saturated carbocycles. The SMILES string of the molecule is CCCCOc1ccccc1NCC(=O)N1CCC(C(=O)OCC)CC1. The van der Waals surface area contributed by atoms with Crippen LogP contribution in [0.25, 0.3) is 0 Å². The standard InChI is InChI=1S/C20H30N2O4/c1-3-5-14-26-18-9-7-6-8-17(18)21-15-19(23)22-12-10-16(11-13-22)20(24)25-4-2/h6-9,16,21H,3-5,10-15H2,1-2H3. The van der Waals surface area contributed by atoms with Gasteiger partial charge in [0.2, 0.25) is 5.91 Å². The van der Waals surface area contributed by atoms with Crippen LogP contribution in [-0.4, -0.2) is 49.6 Å². The van der Waals surface area contributed by atoms with E-state index in [0.29, 0.717) is 39.1 Å². The molecule has 2 rings (SSSR count). The van der Waals surface area contributed by atoms with E-state index in [1.54, 1.807) is 0 Å². The van der Waals surface area contributed by atoms with Crippen molar-refractivity contribution in [1.29, 1.82) is 0 Å². The zero-order chi connectivity index (χ0) is 18.8. The Kier molecular flexibility index (Phi) is 8.25. The molecule has 0 atom stereocenters. The van der Waals surface area contributed by atoms with Crippen LogP contribution in [0.3, 0.4) is 0 Å². The molecule has 1 aliphatic heterocycles. The van der Waals surface area contributed by atoms with Crippen molar-refractivity contribution in [3.63, 3.8) is 0 Å². The number of anilines is 1. The number of nitrogens with zero attached hydrogens (tertiary/aromatic N) is 1. The van der Waals surface area contributed by atoms with E-state index in [2.05, 4.69) is 12.2 Å². The second-order valence-electron chi connectivity index (χ2n) is 6.46. The summed E-state index contributed by atoms with van der Waals surface area (Å²) in [6.07, 6.45) is 3.42. The van der Waals surface area contributed by atoms with Gasteiger partial charge in [0.1, 0.15) is 5.75 Å². The molecule has 1 aromatic carbocycles. The Hall–Kier alpha value is -2.24. The molecule has 1 fully saturated rings. The van der Waals surface area contributed by atoms with Gasteiger partial charge in [-0.2, -0.15) is 0 Å². The Labute approximate surface area is 155 Å². The van der Waals surface area contributed by atoms with E-state index >= 15 is 0 Å². The van der Waals surface area contributed by atoms with Crippen LogP contribution in [0.2, 0.25) is 0 Å². The maximum atomic E-state index is 12.5. The lowest BCUT2D eigenvalue weighted by atomic mass is 9.97. The monoisotopic (exact) mass is 362 g/mol. The van der Waals surface area contributed by atoms with Crippen LogP contribution >= 0.6 is 0 Å². The summed E-state index contributed by atoms with van der Waals surface area (Å²) in [5.74, 6) is 0.584. The Morgan fingerprint density at radius 1 is 1.19 bits per heavy atom. The second-order valence-corrected chi connectivity index (χ2v) is 6.46. The average molecular weight is 362 g/mol. The topological polar surface area (TPSA) is 67.9 Å². The normalized spacial score (nSPS) is 14.8. The summed E-state index contributed by atoms with van der Waals surface area (Å²) < 4.78 is 10.8. The van der Waals surface area contributed by atoms with Gasteiger partial charge < -0.3 is 19.7 Å². The molecule has 0 bridgehead atoms. The zero-order valence-corrected chi connectivity index (χ0v) is 15.8. The molecule has 6 nitrogen and oxygen atoms in total. The third-order valence-electron chi connectivity index (χ3n) is 4.54. The lowest BCUT2D eigenvalue weighted by Crippen LogP contribution is -2.43. The maximum Gasteiger partial charge on any atom is 0.309 e. The summed E-state index contributed by atoms with van der Waals surface area (Å²) in [7, 11) is 0. The van der Waals surface area contributed by atoms with E-state index in [-0.39, 0.29) is 24.3 Å². The fraction of sp³-hybridized carbons (Fsp3) is 0.600. The number of esters is 1. The van der Waals surface area contributed by atoms with Crippen LogP contribution in [0.15, 0.2) is 24.3 Å². The lowest BCUT2D eigenvalue weighted by molar-refractivity contribution is -0.151. The van der Waals surface area contributed by atoms with Crippen LogP contribution in [0.5, 0.6) is 5.75 Å². The summed E-state index contributed by atoms with van der Waals surface area (Å²) in [6, 6.07) is 7.67. The summed E-state index contributed by atoms with van der Waals surface area (Å²) in [5, 5.41) is 3.18. The minimum Gasteiger partial charge on any atom is -0.491 e. The molecule has 1 heterocycles. The molecule has 0 radical (unpaired) electrons. The van der Waals surface area contributed by atoms with Gasteiger partial charge in [-0.05, 0) is 38.3 Å². The van der Waals surface area contributed by atoms with Gasteiger partial charge in [-0.25, -0.2) is 0 Å².